The largest absolute Gasteiger partial charge is 0.341 e. The van der Waals surface area contributed by atoms with Crippen molar-refractivity contribution in [2.45, 2.75) is 25.3 Å². The number of rotatable bonds is 5. The first-order valence-electron chi connectivity index (χ1n) is 9.83. The minimum Gasteiger partial charge on any atom is -0.341 e. The smallest absolute Gasteiger partial charge is 0.319 e. The van der Waals surface area contributed by atoms with Crippen LogP contribution in [0.25, 0.3) is 0 Å². The molecule has 0 aliphatic carbocycles. The van der Waals surface area contributed by atoms with Crippen molar-refractivity contribution in [2.24, 2.45) is 0 Å². The van der Waals surface area contributed by atoms with Gasteiger partial charge in [0.25, 0.3) is 0 Å². The summed E-state index contributed by atoms with van der Waals surface area (Å²) in [6.45, 7) is 1.66. The van der Waals surface area contributed by atoms with E-state index in [1.165, 1.54) is 11.1 Å². The highest BCUT2D eigenvalue weighted by Crippen LogP contribution is 2.16. The maximum atomic E-state index is 12.3. The fourth-order valence-electron chi connectivity index (χ4n) is 3.47. The van der Waals surface area contributed by atoms with E-state index in [1.54, 1.807) is 24.8 Å². The molecule has 29 heavy (non-hydrogen) atoms. The van der Waals surface area contributed by atoms with Crippen LogP contribution >= 0.6 is 0 Å². The second-order valence-corrected chi connectivity index (χ2v) is 7.14. The van der Waals surface area contributed by atoms with Crippen LogP contribution < -0.4 is 15.5 Å². The number of urea groups is 1. The molecule has 1 saturated heterocycles. The Morgan fingerprint density at radius 2 is 1.59 bits per heavy atom. The molecule has 0 saturated carbocycles. The number of carbonyl (C=O) groups excluding carboxylic acids is 1. The van der Waals surface area contributed by atoms with Crippen LogP contribution in [0, 0.1) is 0 Å². The van der Waals surface area contributed by atoms with Crippen LogP contribution in [0.3, 0.4) is 0 Å². The average Bonchev–Trinajstić information content (AvgIpc) is 2.77. The van der Waals surface area contributed by atoms with Crippen molar-refractivity contribution >= 4 is 17.7 Å². The lowest BCUT2D eigenvalue weighted by molar-refractivity contribution is 0.246. The number of aromatic nitrogens is 3. The monoisotopic (exact) mass is 388 g/mol. The predicted octanol–water partition coefficient (Wildman–Crippen LogP) is 3.25. The van der Waals surface area contributed by atoms with E-state index in [9.17, 15) is 4.79 Å². The van der Waals surface area contributed by atoms with Crippen LogP contribution in [0.5, 0.6) is 0 Å². The van der Waals surface area contributed by atoms with Crippen LogP contribution in [-0.4, -0.2) is 40.1 Å². The van der Waals surface area contributed by atoms with E-state index >= 15 is 0 Å². The molecular weight excluding hydrogens is 364 g/mol. The number of hydrogen-bond donors (Lipinski definition) is 2. The second kappa shape index (κ2) is 9.14. The van der Waals surface area contributed by atoms with Crippen molar-refractivity contribution < 1.29 is 4.79 Å². The first-order valence-corrected chi connectivity index (χ1v) is 9.83. The van der Waals surface area contributed by atoms with Gasteiger partial charge in [-0.2, -0.15) is 0 Å². The molecule has 0 bridgehead atoms. The molecule has 1 aliphatic heterocycles. The number of benzene rings is 1. The van der Waals surface area contributed by atoms with Gasteiger partial charge in [0.1, 0.15) is 0 Å². The van der Waals surface area contributed by atoms with Gasteiger partial charge in [-0.1, -0.05) is 12.1 Å². The zero-order valence-electron chi connectivity index (χ0n) is 16.2. The van der Waals surface area contributed by atoms with Crippen molar-refractivity contribution in [3.63, 3.8) is 0 Å². The molecule has 148 valence electrons. The maximum Gasteiger partial charge on any atom is 0.319 e. The number of pyridine rings is 1. The van der Waals surface area contributed by atoms with E-state index in [2.05, 4.69) is 30.5 Å². The van der Waals surface area contributed by atoms with Gasteiger partial charge in [-0.3, -0.25) is 4.98 Å². The van der Waals surface area contributed by atoms with Gasteiger partial charge >= 0.3 is 6.03 Å². The molecule has 0 atom stereocenters. The highest BCUT2D eigenvalue weighted by molar-refractivity contribution is 5.89. The topological polar surface area (TPSA) is 83.0 Å². The summed E-state index contributed by atoms with van der Waals surface area (Å²) in [6.07, 6.45) is 9.69. The predicted molar refractivity (Wildman–Crippen MR) is 113 cm³/mol. The Labute approximate surface area is 170 Å². The molecule has 7 nitrogen and oxygen atoms in total. The van der Waals surface area contributed by atoms with Gasteiger partial charge in [-0.05, 0) is 60.7 Å². The summed E-state index contributed by atoms with van der Waals surface area (Å²) in [6, 6.07) is 13.8. The Bertz CT molecular complexity index is 909. The molecule has 1 aliphatic rings. The normalized spacial score (nSPS) is 14.4. The Morgan fingerprint density at radius 1 is 0.931 bits per heavy atom. The highest BCUT2D eigenvalue weighted by atomic mass is 16.2. The highest BCUT2D eigenvalue weighted by Gasteiger charge is 2.22. The summed E-state index contributed by atoms with van der Waals surface area (Å²) in [5.74, 6) is 0.752. The summed E-state index contributed by atoms with van der Waals surface area (Å²) >= 11 is 0. The minimum absolute atomic E-state index is 0.154. The number of anilines is 2. The molecule has 1 aromatic carbocycles. The zero-order chi connectivity index (χ0) is 19.9. The number of nitrogens with one attached hydrogen (secondary N) is 2. The van der Waals surface area contributed by atoms with Gasteiger partial charge < -0.3 is 15.5 Å². The van der Waals surface area contributed by atoms with E-state index < -0.39 is 0 Å². The third kappa shape index (κ3) is 5.28. The molecule has 2 N–H and O–H groups in total. The van der Waals surface area contributed by atoms with Crippen LogP contribution in [-0.2, 0) is 6.42 Å². The van der Waals surface area contributed by atoms with E-state index in [0.29, 0.717) is 0 Å². The summed E-state index contributed by atoms with van der Waals surface area (Å²) in [5.41, 5.74) is 3.19. The third-order valence-corrected chi connectivity index (χ3v) is 5.03. The summed E-state index contributed by atoms with van der Waals surface area (Å²) in [5, 5.41) is 5.99. The summed E-state index contributed by atoms with van der Waals surface area (Å²) in [4.78, 5) is 27.1. The zero-order valence-corrected chi connectivity index (χ0v) is 16.2. The molecule has 3 heterocycles. The third-order valence-electron chi connectivity index (χ3n) is 5.03. The molecule has 2 amide bonds. The minimum atomic E-state index is -0.165. The fraction of sp³-hybridized carbons (Fsp3) is 0.273. The van der Waals surface area contributed by atoms with E-state index in [4.69, 9.17) is 0 Å². The molecule has 2 aromatic heterocycles. The van der Waals surface area contributed by atoms with Gasteiger partial charge in [0.2, 0.25) is 5.95 Å². The molecular formula is C22H24N6O. The van der Waals surface area contributed by atoms with Crippen LogP contribution in [0.4, 0.5) is 16.4 Å². The fourth-order valence-corrected chi connectivity index (χ4v) is 3.47. The first-order chi connectivity index (χ1) is 14.3. The lowest BCUT2D eigenvalue weighted by Gasteiger charge is -2.32. The number of carbonyl (C=O) groups is 1. The Morgan fingerprint density at radius 3 is 2.28 bits per heavy atom. The number of hydrogen-bond acceptors (Lipinski definition) is 5. The summed E-state index contributed by atoms with van der Waals surface area (Å²) in [7, 11) is 0. The van der Waals surface area contributed by atoms with Crippen LogP contribution in [0.15, 0.2) is 67.3 Å². The second-order valence-electron chi connectivity index (χ2n) is 7.14. The van der Waals surface area contributed by atoms with E-state index in [0.717, 1.165) is 44.0 Å². The van der Waals surface area contributed by atoms with Crippen molar-refractivity contribution in [3.05, 3.63) is 78.4 Å². The van der Waals surface area contributed by atoms with E-state index in [1.807, 2.05) is 42.5 Å². The average molecular weight is 388 g/mol. The quantitative estimate of drug-likeness (QED) is 0.701. The van der Waals surface area contributed by atoms with Gasteiger partial charge in [-0.15, -0.1) is 0 Å². The van der Waals surface area contributed by atoms with Gasteiger partial charge in [-0.25, -0.2) is 14.8 Å². The number of nitrogens with zero attached hydrogens (tertiary/aromatic N) is 4. The van der Waals surface area contributed by atoms with Gasteiger partial charge in [0.05, 0.1) is 0 Å². The first kappa shape index (κ1) is 18.9. The Hall–Kier alpha value is -3.48. The van der Waals surface area contributed by atoms with Crippen molar-refractivity contribution in [2.75, 3.05) is 23.3 Å². The van der Waals surface area contributed by atoms with Crippen LogP contribution in [0.2, 0.25) is 0 Å². The molecule has 0 radical (unpaired) electrons. The lowest BCUT2D eigenvalue weighted by atomic mass is 10.1. The van der Waals surface area contributed by atoms with Crippen molar-refractivity contribution in [1.82, 2.24) is 20.3 Å². The molecule has 4 rings (SSSR count). The number of amides is 2. The molecule has 1 fully saturated rings. The standard InChI is InChI=1S/C22H24N6O/c29-22(27-20-8-14-28(15-9-20)21-24-10-1-11-25-21)26-19-4-2-17(3-5-19)16-18-6-12-23-13-7-18/h1-7,10-13,20H,8-9,14-16H2,(H2,26,27,29). The Balaban J connectivity index is 1.24. The molecule has 3 aromatic rings. The van der Waals surface area contributed by atoms with Gasteiger partial charge in [0.15, 0.2) is 0 Å². The summed E-state index contributed by atoms with van der Waals surface area (Å²) < 4.78 is 0. The van der Waals surface area contributed by atoms with Gasteiger partial charge in [0, 0.05) is 49.6 Å². The molecule has 0 unspecified atom stereocenters. The molecule has 0 spiro atoms. The lowest BCUT2D eigenvalue weighted by Crippen LogP contribution is -2.46. The number of piperidine rings is 1. The van der Waals surface area contributed by atoms with Crippen molar-refractivity contribution in [1.29, 1.82) is 0 Å². The molecule has 7 heteroatoms. The van der Waals surface area contributed by atoms with E-state index in [-0.39, 0.29) is 12.1 Å². The van der Waals surface area contributed by atoms with Crippen LogP contribution in [0.1, 0.15) is 24.0 Å². The maximum absolute atomic E-state index is 12.3. The Kier molecular flexibility index (Phi) is 5.95. The SMILES string of the molecule is O=C(Nc1ccc(Cc2ccncc2)cc1)NC1CCN(c2ncccn2)CC1. The van der Waals surface area contributed by atoms with Crippen molar-refractivity contribution in [3.8, 4) is 0 Å².